The second-order valence-electron chi connectivity index (χ2n) is 1.93. The Morgan fingerprint density at radius 1 is 1.55 bits per heavy atom. The van der Waals surface area contributed by atoms with Crippen LogP contribution in [0.25, 0.3) is 0 Å². The maximum Gasteiger partial charge on any atom is 0.264 e. The van der Waals surface area contributed by atoms with Gasteiger partial charge in [0.05, 0.1) is 12.8 Å². The third kappa shape index (κ3) is 1.53. The van der Waals surface area contributed by atoms with E-state index in [4.69, 9.17) is 10.2 Å². The van der Waals surface area contributed by atoms with Crippen molar-refractivity contribution >= 4 is 11.6 Å². The van der Waals surface area contributed by atoms with Crippen LogP contribution in [-0.2, 0) is 4.79 Å². The van der Waals surface area contributed by atoms with Crippen LogP contribution in [0, 0.1) is 0 Å². The first-order valence-electron chi connectivity index (χ1n) is 3.07. The number of hydrogen-bond donors (Lipinski definition) is 1. The van der Waals surface area contributed by atoms with Crippen molar-refractivity contribution in [2.75, 3.05) is 6.54 Å². The van der Waals surface area contributed by atoms with Gasteiger partial charge in [-0.15, -0.1) is 0 Å². The van der Waals surface area contributed by atoms with Crippen molar-refractivity contribution in [1.82, 2.24) is 0 Å². The fourth-order valence-electron chi connectivity index (χ4n) is 0.638. The first-order valence-corrected chi connectivity index (χ1v) is 3.07. The summed E-state index contributed by atoms with van der Waals surface area (Å²) in [7, 11) is 0. The van der Waals surface area contributed by atoms with E-state index in [1.807, 2.05) is 0 Å². The number of furan rings is 1. The summed E-state index contributed by atoms with van der Waals surface area (Å²) in [5.41, 5.74) is 4.97. The Morgan fingerprint density at radius 2 is 2.27 bits per heavy atom. The number of carbonyl (C=O) groups excluding carboxylic acids is 2. The molecule has 4 nitrogen and oxygen atoms in total. The molecule has 0 fully saturated rings. The van der Waals surface area contributed by atoms with Gasteiger partial charge >= 0.3 is 0 Å². The van der Waals surface area contributed by atoms with Crippen LogP contribution in [0.3, 0.4) is 0 Å². The molecule has 0 unspecified atom stereocenters. The molecule has 0 aromatic carbocycles. The average molecular weight is 153 g/mol. The van der Waals surface area contributed by atoms with Crippen LogP contribution >= 0.6 is 0 Å². The molecule has 0 atom stereocenters. The first-order chi connectivity index (χ1) is 5.25. The molecule has 0 radical (unpaired) electrons. The van der Waals surface area contributed by atoms with E-state index >= 15 is 0 Å². The van der Waals surface area contributed by atoms with E-state index in [2.05, 4.69) is 0 Å². The van der Waals surface area contributed by atoms with Crippen LogP contribution < -0.4 is 5.73 Å². The van der Waals surface area contributed by atoms with Crippen LogP contribution in [0.2, 0.25) is 0 Å². The highest BCUT2D eigenvalue weighted by Crippen LogP contribution is 2.00. The minimum Gasteiger partial charge on any atom is -0.461 e. The standard InChI is InChI=1S/C7H7NO3/c8-4-5(9)7(10)6-2-1-3-11-6/h1-3H,4,8H2. The summed E-state index contributed by atoms with van der Waals surface area (Å²) in [6.07, 6.45) is 1.33. The number of carbonyl (C=O) groups is 2. The van der Waals surface area contributed by atoms with Crippen LogP contribution in [0.15, 0.2) is 22.8 Å². The largest absolute Gasteiger partial charge is 0.461 e. The molecule has 0 amide bonds. The third-order valence-electron chi connectivity index (χ3n) is 1.18. The average Bonchev–Trinajstić information content (AvgIpc) is 2.53. The van der Waals surface area contributed by atoms with Crippen LogP contribution in [-0.4, -0.2) is 18.1 Å². The van der Waals surface area contributed by atoms with Gasteiger partial charge < -0.3 is 10.2 Å². The molecule has 0 spiro atoms. The van der Waals surface area contributed by atoms with Gasteiger partial charge in [-0.2, -0.15) is 0 Å². The molecule has 4 heteroatoms. The third-order valence-corrected chi connectivity index (χ3v) is 1.18. The van der Waals surface area contributed by atoms with Gasteiger partial charge in [0.2, 0.25) is 5.78 Å². The van der Waals surface area contributed by atoms with Gasteiger partial charge in [-0.3, -0.25) is 9.59 Å². The normalized spacial score (nSPS) is 9.55. The van der Waals surface area contributed by atoms with E-state index in [9.17, 15) is 9.59 Å². The highest BCUT2D eigenvalue weighted by atomic mass is 16.3. The predicted octanol–water partition coefficient (Wildman–Crippen LogP) is -0.00990. The van der Waals surface area contributed by atoms with Crippen LogP contribution in [0.5, 0.6) is 0 Å². The number of rotatable bonds is 3. The van der Waals surface area contributed by atoms with Gasteiger partial charge in [0, 0.05) is 0 Å². The molecular formula is C7H7NO3. The van der Waals surface area contributed by atoms with Gasteiger partial charge in [0.25, 0.3) is 5.78 Å². The van der Waals surface area contributed by atoms with Crippen molar-refractivity contribution in [3.63, 3.8) is 0 Å². The van der Waals surface area contributed by atoms with Crippen molar-refractivity contribution in [3.05, 3.63) is 24.2 Å². The molecule has 0 saturated heterocycles. The summed E-state index contributed by atoms with van der Waals surface area (Å²) in [4.78, 5) is 21.6. The molecule has 0 aliphatic carbocycles. The zero-order valence-corrected chi connectivity index (χ0v) is 5.74. The van der Waals surface area contributed by atoms with Crippen molar-refractivity contribution in [1.29, 1.82) is 0 Å². The molecule has 0 aliphatic rings. The summed E-state index contributed by atoms with van der Waals surface area (Å²) in [6, 6.07) is 2.97. The Balaban J connectivity index is 2.79. The van der Waals surface area contributed by atoms with E-state index in [1.54, 1.807) is 0 Å². The zero-order valence-electron chi connectivity index (χ0n) is 5.74. The van der Waals surface area contributed by atoms with Gasteiger partial charge in [-0.1, -0.05) is 0 Å². The molecule has 1 rings (SSSR count). The molecule has 1 heterocycles. The Kier molecular flexibility index (Phi) is 2.18. The molecule has 58 valence electrons. The van der Waals surface area contributed by atoms with Gasteiger partial charge in [-0.05, 0) is 12.1 Å². The van der Waals surface area contributed by atoms with Gasteiger partial charge in [0.15, 0.2) is 5.76 Å². The zero-order chi connectivity index (χ0) is 8.27. The van der Waals surface area contributed by atoms with E-state index in [-0.39, 0.29) is 12.3 Å². The van der Waals surface area contributed by atoms with Crippen molar-refractivity contribution in [2.24, 2.45) is 5.73 Å². The smallest absolute Gasteiger partial charge is 0.264 e. The lowest BCUT2D eigenvalue weighted by Crippen LogP contribution is -2.22. The van der Waals surface area contributed by atoms with E-state index < -0.39 is 11.6 Å². The molecule has 1 aromatic heterocycles. The fourth-order valence-corrected chi connectivity index (χ4v) is 0.638. The molecule has 0 saturated carbocycles. The topological polar surface area (TPSA) is 73.3 Å². The van der Waals surface area contributed by atoms with Gasteiger partial charge in [0.1, 0.15) is 0 Å². The first kappa shape index (κ1) is 7.68. The highest BCUT2D eigenvalue weighted by molar-refractivity contribution is 6.43. The summed E-state index contributed by atoms with van der Waals surface area (Å²) < 4.78 is 4.69. The minimum atomic E-state index is -0.669. The minimum absolute atomic E-state index is 0.0421. The SMILES string of the molecule is NCC(=O)C(=O)c1ccco1. The molecule has 0 bridgehead atoms. The molecule has 1 aromatic rings. The number of hydrogen-bond acceptors (Lipinski definition) is 4. The Labute approximate surface area is 63.0 Å². The lowest BCUT2D eigenvalue weighted by Gasteiger charge is -1.90. The molecule has 0 aliphatic heterocycles. The van der Waals surface area contributed by atoms with E-state index in [0.29, 0.717) is 0 Å². The Bertz CT molecular complexity index is 263. The highest BCUT2D eigenvalue weighted by Gasteiger charge is 2.16. The quantitative estimate of drug-likeness (QED) is 0.489. The van der Waals surface area contributed by atoms with Crippen LogP contribution in [0.1, 0.15) is 10.6 Å². The Morgan fingerprint density at radius 3 is 2.73 bits per heavy atom. The maximum absolute atomic E-state index is 10.9. The Hall–Kier alpha value is -1.42. The van der Waals surface area contributed by atoms with Crippen LogP contribution in [0.4, 0.5) is 0 Å². The molecule has 2 N–H and O–H groups in total. The maximum atomic E-state index is 10.9. The van der Waals surface area contributed by atoms with Gasteiger partial charge in [-0.25, -0.2) is 0 Å². The predicted molar refractivity (Wildman–Crippen MR) is 37.1 cm³/mol. The van der Waals surface area contributed by atoms with E-state index in [1.165, 1.54) is 18.4 Å². The summed E-state index contributed by atoms with van der Waals surface area (Å²) in [5.74, 6) is -1.27. The number of ketones is 2. The number of Topliss-reactive ketones (excluding diaryl/α,β-unsaturated/α-hetero) is 2. The van der Waals surface area contributed by atoms with Crippen molar-refractivity contribution < 1.29 is 14.0 Å². The summed E-state index contributed by atoms with van der Waals surface area (Å²) in [5, 5.41) is 0. The molecular weight excluding hydrogens is 146 g/mol. The fraction of sp³-hybridized carbons (Fsp3) is 0.143. The van der Waals surface area contributed by atoms with E-state index in [0.717, 1.165) is 0 Å². The second-order valence-corrected chi connectivity index (χ2v) is 1.93. The lowest BCUT2D eigenvalue weighted by molar-refractivity contribution is -0.113. The van der Waals surface area contributed by atoms with Crippen molar-refractivity contribution in [3.8, 4) is 0 Å². The number of nitrogens with two attached hydrogens (primary N) is 1. The summed E-state index contributed by atoms with van der Waals surface area (Å²) >= 11 is 0. The summed E-state index contributed by atoms with van der Waals surface area (Å²) in [6.45, 7) is -0.278. The second kappa shape index (κ2) is 3.12. The van der Waals surface area contributed by atoms with Crippen molar-refractivity contribution in [2.45, 2.75) is 0 Å². The molecule has 11 heavy (non-hydrogen) atoms. The lowest BCUT2D eigenvalue weighted by atomic mass is 10.2. The monoisotopic (exact) mass is 153 g/mol.